The van der Waals surface area contributed by atoms with Crippen LogP contribution in [0.2, 0.25) is 51.9 Å². The third-order valence-corrected chi connectivity index (χ3v) is 12.6. The summed E-state index contributed by atoms with van der Waals surface area (Å²) in [6.45, 7) is 19.6. The molecule has 19 heavy (non-hydrogen) atoms. The first kappa shape index (κ1) is 19.5. The second kappa shape index (κ2) is 8.09. The Kier molecular flexibility index (Phi) is 8.32. The lowest BCUT2D eigenvalue weighted by Crippen LogP contribution is -2.51. The van der Waals surface area contributed by atoms with Crippen LogP contribution in [0, 0.1) is 0 Å². The van der Waals surface area contributed by atoms with Gasteiger partial charge in [-0.05, 0) is 64.7 Å². The molecule has 0 aromatic rings. The predicted octanol–water partition coefficient (Wildman–Crippen LogP) is 4.58. The van der Waals surface area contributed by atoms with Crippen LogP contribution in [0.4, 0.5) is 0 Å². The number of hydrogen-bond acceptors (Lipinski definition) is 3. The van der Waals surface area contributed by atoms with Crippen molar-refractivity contribution in [1.82, 2.24) is 0 Å². The van der Waals surface area contributed by atoms with Crippen molar-refractivity contribution < 1.29 is 13.0 Å². The van der Waals surface area contributed by atoms with Gasteiger partial charge in [-0.2, -0.15) is 0 Å². The van der Waals surface area contributed by atoms with Crippen molar-refractivity contribution in [2.45, 2.75) is 71.6 Å². The van der Waals surface area contributed by atoms with Crippen LogP contribution < -0.4 is 0 Å². The summed E-state index contributed by atoms with van der Waals surface area (Å²) in [5, 5.41) is 0. The van der Waals surface area contributed by atoms with Gasteiger partial charge >= 0.3 is 8.56 Å². The molecule has 6 heteroatoms. The minimum absolute atomic E-state index is 0.866. The van der Waals surface area contributed by atoms with Gasteiger partial charge in [-0.1, -0.05) is 6.92 Å². The van der Waals surface area contributed by atoms with Gasteiger partial charge in [0.25, 0.3) is 0 Å². The van der Waals surface area contributed by atoms with Crippen molar-refractivity contribution in [2.75, 3.05) is 13.2 Å². The molecular formula is C13H34O3Si3. The standard InChI is InChI=1S/C13H34O3Si3/c1-9-11-14-12-10-13-18(5,6)16-19(7,8)15-17(2,3)4/h9-13H2,1-8H3. The summed E-state index contributed by atoms with van der Waals surface area (Å²) < 4.78 is 18.3. The molecule has 3 nitrogen and oxygen atoms in total. The second-order valence-corrected chi connectivity index (χ2v) is 19.9. The van der Waals surface area contributed by atoms with E-state index in [9.17, 15) is 0 Å². The number of rotatable bonds is 10. The third-order valence-electron chi connectivity index (χ3n) is 2.49. The van der Waals surface area contributed by atoms with Crippen molar-refractivity contribution >= 4 is 25.2 Å². The van der Waals surface area contributed by atoms with E-state index in [2.05, 4.69) is 52.8 Å². The third kappa shape index (κ3) is 12.0. The van der Waals surface area contributed by atoms with Gasteiger partial charge in [0.15, 0.2) is 16.6 Å². The van der Waals surface area contributed by atoms with Gasteiger partial charge in [0, 0.05) is 13.2 Å². The van der Waals surface area contributed by atoms with Crippen LogP contribution in [0.3, 0.4) is 0 Å². The Hall–Kier alpha value is 0.531. The molecule has 0 amide bonds. The zero-order valence-electron chi connectivity index (χ0n) is 14.3. The minimum Gasteiger partial charge on any atom is -0.437 e. The Morgan fingerprint density at radius 2 is 1.37 bits per heavy atom. The molecule has 0 N–H and O–H groups in total. The quantitative estimate of drug-likeness (QED) is 0.435. The van der Waals surface area contributed by atoms with Crippen LogP contribution in [-0.4, -0.2) is 38.4 Å². The summed E-state index contributed by atoms with van der Waals surface area (Å²) in [4.78, 5) is 0. The van der Waals surface area contributed by atoms with Crippen molar-refractivity contribution in [3.8, 4) is 0 Å². The van der Waals surface area contributed by atoms with Gasteiger partial charge < -0.3 is 13.0 Å². The summed E-state index contributed by atoms with van der Waals surface area (Å²) in [5.74, 6) is 0. The Labute approximate surface area is 123 Å². The smallest absolute Gasteiger partial charge is 0.311 e. The van der Waals surface area contributed by atoms with E-state index in [0.717, 1.165) is 32.1 Å². The van der Waals surface area contributed by atoms with E-state index >= 15 is 0 Å². The molecule has 0 aromatic carbocycles. The minimum atomic E-state index is -1.97. The highest BCUT2D eigenvalue weighted by Gasteiger charge is 2.37. The molecule has 0 aliphatic heterocycles. The Morgan fingerprint density at radius 3 is 1.84 bits per heavy atom. The van der Waals surface area contributed by atoms with Gasteiger partial charge in [0.1, 0.15) is 0 Å². The average Bonchev–Trinajstić information content (AvgIpc) is 2.10. The fraction of sp³-hybridized carbons (Fsp3) is 1.00. The van der Waals surface area contributed by atoms with E-state index in [1.165, 1.54) is 0 Å². The van der Waals surface area contributed by atoms with Gasteiger partial charge in [-0.3, -0.25) is 0 Å². The number of hydrogen-bond donors (Lipinski definition) is 0. The van der Waals surface area contributed by atoms with Crippen LogP contribution in [-0.2, 0) is 13.0 Å². The number of ether oxygens (including phenoxy) is 1. The first-order valence-corrected chi connectivity index (χ1v) is 16.8. The fourth-order valence-corrected chi connectivity index (χ4v) is 15.5. The molecule has 0 bridgehead atoms. The highest BCUT2D eigenvalue weighted by molar-refractivity contribution is 6.87. The molecule has 0 rings (SSSR count). The summed E-state index contributed by atoms with van der Waals surface area (Å²) >= 11 is 0. The SMILES string of the molecule is CCCOCCC[Si](C)(C)O[Si](C)(C)O[Si](C)(C)C. The van der Waals surface area contributed by atoms with Crippen LogP contribution in [0.15, 0.2) is 0 Å². The fourth-order valence-electron chi connectivity index (χ4n) is 2.32. The van der Waals surface area contributed by atoms with Crippen LogP contribution >= 0.6 is 0 Å². The molecule has 0 radical (unpaired) electrons. The van der Waals surface area contributed by atoms with Gasteiger partial charge in [-0.25, -0.2) is 0 Å². The zero-order chi connectivity index (χ0) is 15.2. The molecule has 0 heterocycles. The highest BCUT2D eigenvalue weighted by Crippen LogP contribution is 2.23. The summed E-state index contributed by atoms with van der Waals surface area (Å²) in [7, 11) is -5.09. The Bertz CT molecular complexity index is 250. The predicted molar refractivity (Wildman–Crippen MR) is 91.0 cm³/mol. The average molecular weight is 323 g/mol. The lowest BCUT2D eigenvalue weighted by atomic mass is 10.5. The molecule has 0 saturated carbocycles. The summed E-state index contributed by atoms with van der Waals surface area (Å²) in [6.07, 6.45) is 2.21. The zero-order valence-corrected chi connectivity index (χ0v) is 17.3. The summed E-state index contributed by atoms with van der Waals surface area (Å²) in [6, 6.07) is 1.15. The molecule has 0 unspecified atom stereocenters. The van der Waals surface area contributed by atoms with E-state index in [1.807, 2.05) is 0 Å². The van der Waals surface area contributed by atoms with Crippen LogP contribution in [0.1, 0.15) is 19.8 Å². The van der Waals surface area contributed by atoms with Gasteiger partial charge in [-0.15, -0.1) is 0 Å². The topological polar surface area (TPSA) is 27.7 Å². The molecule has 0 saturated heterocycles. The Balaban J connectivity index is 4.12. The van der Waals surface area contributed by atoms with Crippen molar-refractivity contribution in [3.63, 3.8) is 0 Å². The molecular weight excluding hydrogens is 288 g/mol. The van der Waals surface area contributed by atoms with Crippen molar-refractivity contribution in [1.29, 1.82) is 0 Å². The van der Waals surface area contributed by atoms with Gasteiger partial charge in [0.05, 0.1) is 0 Å². The lowest BCUT2D eigenvalue weighted by Gasteiger charge is -2.37. The van der Waals surface area contributed by atoms with Gasteiger partial charge in [0.2, 0.25) is 0 Å². The highest BCUT2D eigenvalue weighted by atomic mass is 28.5. The molecule has 0 spiro atoms. The van der Waals surface area contributed by atoms with E-state index in [-0.39, 0.29) is 0 Å². The maximum atomic E-state index is 6.44. The van der Waals surface area contributed by atoms with Crippen LogP contribution in [0.5, 0.6) is 0 Å². The van der Waals surface area contributed by atoms with E-state index < -0.39 is 25.2 Å². The van der Waals surface area contributed by atoms with Crippen molar-refractivity contribution in [3.05, 3.63) is 0 Å². The van der Waals surface area contributed by atoms with Crippen molar-refractivity contribution in [2.24, 2.45) is 0 Å². The molecule has 0 aliphatic carbocycles. The maximum Gasteiger partial charge on any atom is 0.311 e. The second-order valence-electron chi connectivity index (χ2n) is 7.19. The Morgan fingerprint density at radius 1 is 0.789 bits per heavy atom. The first-order valence-electron chi connectivity index (χ1n) is 7.45. The lowest BCUT2D eigenvalue weighted by molar-refractivity contribution is 0.134. The molecule has 0 aliphatic rings. The molecule has 0 aromatic heterocycles. The van der Waals surface area contributed by atoms with E-state index in [0.29, 0.717) is 0 Å². The van der Waals surface area contributed by atoms with E-state index in [4.69, 9.17) is 13.0 Å². The monoisotopic (exact) mass is 322 g/mol. The summed E-state index contributed by atoms with van der Waals surface area (Å²) in [5.41, 5.74) is 0. The van der Waals surface area contributed by atoms with Crippen LogP contribution in [0.25, 0.3) is 0 Å². The normalized spacial score (nSPS) is 13.9. The largest absolute Gasteiger partial charge is 0.437 e. The molecule has 0 fully saturated rings. The van der Waals surface area contributed by atoms with E-state index in [1.54, 1.807) is 0 Å². The molecule has 0 atom stereocenters. The molecule has 116 valence electrons. The first-order chi connectivity index (χ1) is 8.47. The maximum absolute atomic E-state index is 6.44.